The molecule has 1 aliphatic rings. The highest BCUT2D eigenvalue weighted by Crippen LogP contribution is 2.35. The molecule has 0 atom stereocenters. The Morgan fingerprint density at radius 1 is 1.26 bits per heavy atom. The van der Waals surface area contributed by atoms with Gasteiger partial charge in [-0.1, -0.05) is 6.07 Å². The number of aryl methyl sites for hydroxylation is 1. The second-order valence-electron chi connectivity index (χ2n) is 5.99. The van der Waals surface area contributed by atoms with Crippen LogP contribution in [-0.2, 0) is 0 Å². The smallest absolute Gasteiger partial charge is 0.142 e. The van der Waals surface area contributed by atoms with E-state index in [-0.39, 0.29) is 5.54 Å². The quantitative estimate of drug-likeness (QED) is 0.887. The summed E-state index contributed by atoms with van der Waals surface area (Å²) in [6.45, 7) is 10.0. The molecule has 1 aliphatic heterocycles. The van der Waals surface area contributed by atoms with Crippen molar-refractivity contribution in [2.45, 2.75) is 39.2 Å². The zero-order valence-electron chi connectivity index (χ0n) is 12.6. The number of nitrogens with one attached hydrogen (secondary N) is 1. The van der Waals surface area contributed by atoms with Crippen molar-refractivity contribution in [2.24, 2.45) is 0 Å². The number of hydrogen-bond donors (Lipinski definition) is 1. The molecule has 3 heteroatoms. The summed E-state index contributed by atoms with van der Waals surface area (Å²) < 4.78 is 5.56. The predicted molar refractivity (Wildman–Crippen MR) is 81.3 cm³/mol. The molecular formula is C16H26N2O. The van der Waals surface area contributed by atoms with E-state index in [0.29, 0.717) is 0 Å². The van der Waals surface area contributed by atoms with E-state index in [9.17, 15) is 0 Å². The summed E-state index contributed by atoms with van der Waals surface area (Å²) in [6.07, 6.45) is 2.31. The number of anilines is 1. The lowest BCUT2D eigenvalue weighted by molar-refractivity contribution is 0.373. The second kappa shape index (κ2) is 5.83. The standard InChI is InChI=1S/C16H26N2O/c1-13-6-7-15(19-4)14(12-13)18-11-5-9-17-10-8-16(18,2)3/h6-7,12,17H,5,8-11H2,1-4H3. The molecule has 1 heterocycles. The van der Waals surface area contributed by atoms with E-state index in [1.165, 1.54) is 17.7 Å². The maximum Gasteiger partial charge on any atom is 0.142 e. The largest absolute Gasteiger partial charge is 0.495 e. The fourth-order valence-corrected chi connectivity index (χ4v) is 2.78. The molecule has 0 unspecified atom stereocenters. The van der Waals surface area contributed by atoms with Crippen molar-refractivity contribution in [3.8, 4) is 5.75 Å². The lowest BCUT2D eigenvalue weighted by atomic mass is 9.95. The Bertz CT molecular complexity index is 429. The topological polar surface area (TPSA) is 24.5 Å². The van der Waals surface area contributed by atoms with E-state index in [2.05, 4.69) is 49.2 Å². The Labute approximate surface area is 116 Å². The Balaban J connectivity index is 2.38. The monoisotopic (exact) mass is 262 g/mol. The van der Waals surface area contributed by atoms with E-state index in [1.54, 1.807) is 7.11 Å². The van der Waals surface area contributed by atoms with E-state index in [4.69, 9.17) is 4.74 Å². The Morgan fingerprint density at radius 2 is 2.05 bits per heavy atom. The molecule has 1 saturated heterocycles. The highest BCUT2D eigenvalue weighted by atomic mass is 16.5. The van der Waals surface area contributed by atoms with Crippen LogP contribution in [0.2, 0.25) is 0 Å². The van der Waals surface area contributed by atoms with Crippen molar-refractivity contribution in [2.75, 3.05) is 31.6 Å². The van der Waals surface area contributed by atoms with Crippen LogP contribution in [0, 0.1) is 6.92 Å². The van der Waals surface area contributed by atoms with E-state index in [1.807, 2.05) is 0 Å². The van der Waals surface area contributed by atoms with Crippen molar-refractivity contribution in [1.82, 2.24) is 5.32 Å². The molecule has 0 aromatic heterocycles. The molecule has 1 aromatic rings. The summed E-state index contributed by atoms with van der Waals surface area (Å²) in [5.74, 6) is 0.979. The summed E-state index contributed by atoms with van der Waals surface area (Å²) in [5.41, 5.74) is 2.66. The summed E-state index contributed by atoms with van der Waals surface area (Å²) in [7, 11) is 1.76. The number of methoxy groups -OCH3 is 1. The Kier molecular flexibility index (Phi) is 4.35. The van der Waals surface area contributed by atoms with Crippen LogP contribution in [0.25, 0.3) is 0 Å². The van der Waals surface area contributed by atoms with Crippen LogP contribution in [0.5, 0.6) is 5.75 Å². The van der Waals surface area contributed by atoms with E-state index in [0.717, 1.165) is 31.8 Å². The first-order valence-corrected chi connectivity index (χ1v) is 7.17. The number of hydrogen-bond acceptors (Lipinski definition) is 3. The number of ether oxygens (including phenoxy) is 1. The molecule has 0 aliphatic carbocycles. The van der Waals surface area contributed by atoms with Crippen molar-refractivity contribution in [3.05, 3.63) is 23.8 Å². The third-order valence-electron chi connectivity index (χ3n) is 4.00. The van der Waals surface area contributed by atoms with Gasteiger partial charge in [-0.2, -0.15) is 0 Å². The van der Waals surface area contributed by atoms with Gasteiger partial charge in [0.25, 0.3) is 0 Å². The van der Waals surface area contributed by atoms with Crippen LogP contribution >= 0.6 is 0 Å². The van der Waals surface area contributed by atoms with Crippen molar-refractivity contribution >= 4 is 5.69 Å². The van der Waals surface area contributed by atoms with Gasteiger partial charge in [-0.05, 0) is 64.4 Å². The molecule has 1 N–H and O–H groups in total. The minimum atomic E-state index is 0.147. The van der Waals surface area contributed by atoms with Gasteiger partial charge in [-0.3, -0.25) is 0 Å². The summed E-state index contributed by atoms with van der Waals surface area (Å²) in [4.78, 5) is 2.51. The summed E-state index contributed by atoms with van der Waals surface area (Å²) in [6, 6.07) is 6.44. The van der Waals surface area contributed by atoms with Gasteiger partial charge in [0.2, 0.25) is 0 Å². The van der Waals surface area contributed by atoms with Crippen molar-refractivity contribution in [1.29, 1.82) is 0 Å². The summed E-state index contributed by atoms with van der Waals surface area (Å²) in [5, 5.41) is 3.50. The number of nitrogens with zero attached hydrogens (tertiary/aromatic N) is 1. The number of rotatable bonds is 2. The van der Waals surface area contributed by atoms with Gasteiger partial charge in [-0.25, -0.2) is 0 Å². The zero-order valence-corrected chi connectivity index (χ0v) is 12.6. The molecule has 1 aromatic carbocycles. The van der Waals surface area contributed by atoms with Gasteiger partial charge in [0.1, 0.15) is 5.75 Å². The van der Waals surface area contributed by atoms with Crippen LogP contribution in [0.15, 0.2) is 18.2 Å². The highest BCUT2D eigenvalue weighted by Gasteiger charge is 2.29. The minimum absolute atomic E-state index is 0.147. The number of benzene rings is 1. The average Bonchev–Trinajstić information content (AvgIpc) is 2.35. The maximum absolute atomic E-state index is 5.56. The molecule has 19 heavy (non-hydrogen) atoms. The molecule has 1 fully saturated rings. The minimum Gasteiger partial charge on any atom is -0.495 e. The van der Waals surface area contributed by atoms with Gasteiger partial charge in [0.15, 0.2) is 0 Å². The molecule has 2 rings (SSSR count). The third-order valence-corrected chi connectivity index (χ3v) is 4.00. The SMILES string of the molecule is COc1ccc(C)cc1N1CCCNCCC1(C)C. The van der Waals surface area contributed by atoms with Gasteiger partial charge >= 0.3 is 0 Å². The summed E-state index contributed by atoms with van der Waals surface area (Å²) >= 11 is 0. The average molecular weight is 262 g/mol. The molecule has 0 amide bonds. The molecule has 106 valence electrons. The fourth-order valence-electron chi connectivity index (χ4n) is 2.78. The molecule has 0 bridgehead atoms. The van der Waals surface area contributed by atoms with Gasteiger partial charge < -0.3 is 15.0 Å². The molecule has 3 nitrogen and oxygen atoms in total. The van der Waals surface area contributed by atoms with Crippen LogP contribution in [-0.4, -0.2) is 32.3 Å². The van der Waals surface area contributed by atoms with E-state index >= 15 is 0 Å². The van der Waals surface area contributed by atoms with Crippen LogP contribution < -0.4 is 15.0 Å². The van der Waals surface area contributed by atoms with Crippen molar-refractivity contribution in [3.63, 3.8) is 0 Å². The van der Waals surface area contributed by atoms with Crippen LogP contribution in [0.4, 0.5) is 5.69 Å². The predicted octanol–water partition coefficient (Wildman–Crippen LogP) is 2.97. The van der Waals surface area contributed by atoms with Gasteiger partial charge in [0, 0.05) is 12.1 Å². The van der Waals surface area contributed by atoms with Gasteiger partial charge in [-0.15, -0.1) is 0 Å². The zero-order chi connectivity index (χ0) is 13.9. The second-order valence-corrected chi connectivity index (χ2v) is 5.99. The maximum atomic E-state index is 5.56. The third kappa shape index (κ3) is 3.21. The first-order chi connectivity index (χ1) is 9.04. The fraction of sp³-hybridized carbons (Fsp3) is 0.625. The molecular weight excluding hydrogens is 236 g/mol. The Hall–Kier alpha value is -1.22. The Morgan fingerprint density at radius 3 is 2.79 bits per heavy atom. The van der Waals surface area contributed by atoms with Gasteiger partial charge in [0.05, 0.1) is 12.8 Å². The lowest BCUT2D eigenvalue weighted by Crippen LogP contribution is -2.49. The first kappa shape index (κ1) is 14.2. The highest BCUT2D eigenvalue weighted by molar-refractivity contribution is 5.61. The molecule has 0 spiro atoms. The van der Waals surface area contributed by atoms with E-state index < -0.39 is 0 Å². The van der Waals surface area contributed by atoms with Crippen LogP contribution in [0.3, 0.4) is 0 Å². The van der Waals surface area contributed by atoms with Crippen molar-refractivity contribution < 1.29 is 4.74 Å². The first-order valence-electron chi connectivity index (χ1n) is 7.17. The lowest BCUT2D eigenvalue weighted by Gasteiger charge is -2.43. The normalized spacial score (nSPS) is 19.7. The molecule has 0 radical (unpaired) electrons. The van der Waals surface area contributed by atoms with Crippen LogP contribution in [0.1, 0.15) is 32.3 Å². The molecule has 0 saturated carbocycles.